The molecule has 1 unspecified atom stereocenters. The Kier molecular flexibility index (Phi) is 4.72. The summed E-state index contributed by atoms with van der Waals surface area (Å²) in [6.45, 7) is 6.79. The minimum Gasteiger partial charge on any atom is -0.496 e. The first-order chi connectivity index (χ1) is 10.5. The minimum atomic E-state index is -0.580. The molecule has 0 aliphatic carbocycles. The summed E-state index contributed by atoms with van der Waals surface area (Å²) in [6, 6.07) is 3.59. The van der Waals surface area contributed by atoms with Crippen molar-refractivity contribution in [3.63, 3.8) is 0 Å². The third-order valence-electron chi connectivity index (χ3n) is 4.08. The van der Waals surface area contributed by atoms with Gasteiger partial charge in [-0.15, -0.1) is 0 Å². The maximum atomic E-state index is 12.7. The number of nitriles is 1. The molecule has 0 N–H and O–H groups in total. The number of fused-ring (bicyclic) bond motifs is 1. The molecule has 0 spiro atoms. The SMILES string of the molecule is COCCN1C(=O)c2c(C)cc(OC)c(C(C)C)c2C1C#N. The molecule has 1 atom stereocenters. The van der Waals surface area contributed by atoms with Crippen molar-refractivity contribution in [2.45, 2.75) is 32.7 Å². The molecule has 5 heteroatoms. The van der Waals surface area contributed by atoms with Crippen LogP contribution in [0.25, 0.3) is 0 Å². The molecule has 1 amide bonds. The summed E-state index contributed by atoms with van der Waals surface area (Å²) in [7, 11) is 3.21. The van der Waals surface area contributed by atoms with Crippen LogP contribution in [0.15, 0.2) is 6.07 Å². The zero-order chi connectivity index (χ0) is 16.4. The second-order valence-electron chi connectivity index (χ2n) is 5.78. The lowest BCUT2D eigenvalue weighted by Crippen LogP contribution is -2.31. The molecule has 0 saturated carbocycles. The van der Waals surface area contributed by atoms with Crippen molar-refractivity contribution in [2.75, 3.05) is 27.4 Å². The molecule has 22 heavy (non-hydrogen) atoms. The van der Waals surface area contributed by atoms with Crippen LogP contribution in [0.2, 0.25) is 0 Å². The molecule has 0 radical (unpaired) electrons. The third-order valence-corrected chi connectivity index (χ3v) is 4.08. The van der Waals surface area contributed by atoms with Gasteiger partial charge in [0.1, 0.15) is 11.8 Å². The van der Waals surface area contributed by atoms with Gasteiger partial charge in [0.2, 0.25) is 0 Å². The first-order valence-corrected chi connectivity index (χ1v) is 7.38. The molecule has 0 fully saturated rings. The number of carbonyl (C=O) groups is 1. The van der Waals surface area contributed by atoms with Crippen LogP contribution in [0.1, 0.15) is 52.9 Å². The van der Waals surface area contributed by atoms with Gasteiger partial charge in [0, 0.05) is 30.3 Å². The number of nitrogens with zero attached hydrogens (tertiary/aromatic N) is 2. The molecular weight excluding hydrogens is 280 g/mol. The van der Waals surface area contributed by atoms with Crippen LogP contribution < -0.4 is 4.74 Å². The predicted molar refractivity (Wildman–Crippen MR) is 83.1 cm³/mol. The topological polar surface area (TPSA) is 62.6 Å². The number of benzene rings is 1. The Morgan fingerprint density at radius 2 is 2.09 bits per heavy atom. The van der Waals surface area contributed by atoms with E-state index in [4.69, 9.17) is 9.47 Å². The van der Waals surface area contributed by atoms with Crippen LogP contribution in [0.5, 0.6) is 5.75 Å². The lowest BCUT2D eigenvalue weighted by Gasteiger charge is -2.22. The van der Waals surface area contributed by atoms with Crippen molar-refractivity contribution < 1.29 is 14.3 Å². The molecule has 1 aromatic rings. The van der Waals surface area contributed by atoms with Crippen LogP contribution in [0.4, 0.5) is 0 Å². The summed E-state index contributed by atoms with van der Waals surface area (Å²) in [5, 5.41) is 9.64. The summed E-state index contributed by atoms with van der Waals surface area (Å²) >= 11 is 0. The molecule has 1 aromatic carbocycles. The minimum absolute atomic E-state index is 0.0966. The van der Waals surface area contributed by atoms with Crippen molar-refractivity contribution in [3.05, 3.63) is 28.3 Å². The Hall–Kier alpha value is -2.06. The average Bonchev–Trinajstić information content (AvgIpc) is 2.76. The smallest absolute Gasteiger partial charge is 0.255 e. The van der Waals surface area contributed by atoms with Crippen molar-refractivity contribution in [2.24, 2.45) is 0 Å². The standard InChI is InChI=1S/C17H22N2O3/c1-10(2)14-13(22-5)8-11(3)15-16(14)12(9-18)19(17(15)20)6-7-21-4/h8,10,12H,6-7H2,1-5H3. The van der Waals surface area contributed by atoms with E-state index in [1.807, 2.05) is 26.8 Å². The number of methoxy groups -OCH3 is 2. The number of amides is 1. The maximum Gasteiger partial charge on any atom is 0.255 e. The van der Waals surface area contributed by atoms with Crippen LogP contribution in [0.3, 0.4) is 0 Å². The fraction of sp³-hybridized carbons (Fsp3) is 0.529. The summed E-state index contributed by atoms with van der Waals surface area (Å²) in [4.78, 5) is 14.3. The first-order valence-electron chi connectivity index (χ1n) is 7.38. The molecule has 1 aliphatic rings. The Bertz CT molecular complexity index is 632. The number of hydrogen-bond donors (Lipinski definition) is 0. The lowest BCUT2D eigenvalue weighted by atomic mass is 9.88. The van der Waals surface area contributed by atoms with Crippen molar-refractivity contribution in [3.8, 4) is 11.8 Å². The zero-order valence-electron chi connectivity index (χ0n) is 13.8. The van der Waals surface area contributed by atoms with E-state index in [1.165, 1.54) is 0 Å². The summed E-state index contributed by atoms with van der Waals surface area (Å²) in [6.07, 6.45) is 0. The largest absolute Gasteiger partial charge is 0.496 e. The number of carbonyl (C=O) groups excluding carboxylic acids is 1. The number of rotatable bonds is 5. The molecule has 1 aliphatic heterocycles. The molecule has 118 valence electrons. The van der Waals surface area contributed by atoms with Crippen LogP contribution >= 0.6 is 0 Å². The van der Waals surface area contributed by atoms with E-state index in [0.29, 0.717) is 18.7 Å². The molecular formula is C17H22N2O3. The predicted octanol–water partition coefficient (Wildman–Crippen LogP) is 2.79. The Labute approximate surface area is 131 Å². The van der Waals surface area contributed by atoms with Gasteiger partial charge in [0.25, 0.3) is 5.91 Å². The van der Waals surface area contributed by atoms with E-state index < -0.39 is 6.04 Å². The molecule has 5 nitrogen and oxygen atoms in total. The average molecular weight is 302 g/mol. The second kappa shape index (κ2) is 6.37. The van der Waals surface area contributed by atoms with Crippen LogP contribution in [-0.2, 0) is 4.74 Å². The van der Waals surface area contributed by atoms with Gasteiger partial charge >= 0.3 is 0 Å². The first kappa shape index (κ1) is 16.3. The monoisotopic (exact) mass is 302 g/mol. The highest BCUT2D eigenvalue weighted by atomic mass is 16.5. The van der Waals surface area contributed by atoms with Gasteiger partial charge in [0.15, 0.2) is 0 Å². The molecule has 1 heterocycles. The normalized spacial score (nSPS) is 16.9. The van der Waals surface area contributed by atoms with Crippen molar-refractivity contribution >= 4 is 5.91 Å². The van der Waals surface area contributed by atoms with Gasteiger partial charge in [-0.3, -0.25) is 4.79 Å². The van der Waals surface area contributed by atoms with Gasteiger partial charge in [-0.1, -0.05) is 13.8 Å². The van der Waals surface area contributed by atoms with Gasteiger partial charge < -0.3 is 14.4 Å². The van der Waals surface area contributed by atoms with Gasteiger partial charge in [-0.2, -0.15) is 5.26 Å². The highest BCUT2D eigenvalue weighted by Crippen LogP contribution is 2.44. The van der Waals surface area contributed by atoms with E-state index >= 15 is 0 Å². The Morgan fingerprint density at radius 3 is 2.59 bits per heavy atom. The number of ether oxygens (including phenoxy) is 2. The van der Waals surface area contributed by atoms with Gasteiger partial charge in [0.05, 0.1) is 19.8 Å². The molecule has 0 saturated heterocycles. The van der Waals surface area contributed by atoms with Gasteiger partial charge in [-0.25, -0.2) is 0 Å². The Balaban J connectivity index is 2.67. The van der Waals surface area contributed by atoms with E-state index in [9.17, 15) is 10.1 Å². The maximum absolute atomic E-state index is 12.7. The quantitative estimate of drug-likeness (QED) is 0.839. The second-order valence-corrected chi connectivity index (χ2v) is 5.78. The number of hydrogen-bond acceptors (Lipinski definition) is 4. The third kappa shape index (κ3) is 2.44. The van der Waals surface area contributed by atoms with E-state index in [-0.39, 0.29) is 11.8 Å². The lowest BCUT2D eigenvalue weighted by molar-refractivity contribution is 0.0692. The number of aryl methyl sites for hydroxylation is 1. The summed E-state index contributed by atoms with van der Waals surface area (Å²) in [5.74, 6) is 0.809. The van der Waals surface area contributed by atoms with E-state index in [2.05, 4.69) is 6.07 Å². The fourth-order valence-corrected chi connectivity index (χ4v) is 3.13. The van der Waals surface area contributed by atoms with E-state index in [0.717, 1.165) is 22.4 Å². The summed E-state index contributed by atoms with van der Waals surface area (Å²) in [5.41, 5.74) is 3.24. The van der Waals surface area contributed by atoms with Crippen LogP contribution in [-0.4, -0.2) is 38.2 Å². The fourth-order valence-electron chi connectivity index (χ4n) is 3.13. The molecule has 2 rings (SSSR count). The molecule has 0 aromatic heterocycles. The highest BCUT2D eigenvalue weighted by molar-refractivity contribution is 6.02. The highest BCUT2D eigenvalue weighted by Gasteiger charge is 2.41. The van der Waals surface area contributed by atoms with Gasteiger partial charge in [-0.05, 0) is 24.5 Å². The van der Waals surface area contributed by atoms with E-state index in [1.54, 1.807) is 19.1 Å². The zero-order valence-corrected chi connectivity index (χ0v) is 13.8. The molecule has 0 bridgehead atoms. The van der Waals surface area contributed by atoms with Crippen LogP contribution in [0, 0.1) is 18.3 Å². The Morgan fingerprint density at radius 1 is 1.41 bits per heavy atom. The van der Waals surface area contributed by atoms with Crippen molar-refractivity contribution in [1.29, 1.82) is 5.26 Å². The summed E-state index contributed by atoms with van der Waals surface area (Å²) < 4.78 is 10.6. The van der Waals surface area contributed by atoms with Crippen molar-refractivity contribution in [1.82, 2.24) is 4.90 Å².